The molecule has 0 spiro atoms. The standard InChI is InChI=1S/C10H15N.C8H19N/c1-9(11)7-8-10-5-3-2-4-6-10;1-7(2)5-4-6-8(3)9/h2-6,9H,7-8,11H2,1H3;7-8H,4-6,9H2,1-3H3. The van der Waals surface area contributed by atoms with Crippen LogP contribution in [-0.2, 0) is 6.42 Å². The summed E-state index contributed by atoms with van der Waals surface area (Å²) >= 11 is 0. The Bertz CT molecular complexity index is 296. The first kappa shape index (κ1) is 19.1. The first-order valence-electron chi connectivity index (χ1n) is 7.97. The second kappa shape index (κ2) is 11.9. The highest BCUT2D eigenvalue weighted by Crippen LogP contribution is 2.06. The maximum absolute atomic E-state index is 5.64. The third-order valence-electron chi connectivity index (χ3n) is 3.17. The Kier molecular flexibility index (Phi) is 11.4. The molecule has 0 aliphatic heterocycles. The zero-order valence-corrected chi connectivity index (χ0v) is 13.8. The average Bonchev–Trinajstić information content (AvgIpc) is 2.37. The highest BCUT2D eigenvalue weighted by atomic mass is 14.6. The van der Waals surface area contributed by atoms with Crippen molar-refractivity contribution in [3.05, 3.63) is 35.9 Å². The van der Waals surface area contributed by atoms with E-state index in [1.807, 2.05) is 13.0 Å². The zero-order chi connectivity index (χ0) is 15.4. The molecule has 0 fully saturated rings. The fourth-order valence-corrected chi connectivity index (χ4v) is 1.89. The smallest absolute Gasteiger partial charge is 0.00136 e. The number of hydrogen-bond donors (Lipinski definition) is 2. The topological polar surface area (TPSA) is 52.0 Å². The Morgan fingerprint density at radius 2 is 1.35 bits per heavy atom. The van der Waals surface area contributed by atoms with Gasteiger partial charge in [-0.05, 0) is 44.6 Å². The largest absolute Gasteiger partial charge is 0.328 e. The molecule has 2 nitrogen and oxygen atoms in total. The fourth-order valence-electron chi connectivity index (χ4n) is 1.89. The van der Waals surface area contributed by atoms with Crippen molar-refractivity contribution < 1.29 is 0 Å². The van der Waals surface area contributed by atoms with Gasteiger partial charge < -0.3 is 11.5 Å². The highest BCUT2D eigenvalue weighted by Gasteiger charge is 1.96. The average molecular weight is 278 g/mol. The third-order valence-corrected chi connectivity index (χ3v) is 3.17. The van der Waals surface area contributed by atoms with Crippen molar-refractivity contribution in [3.8, 4) is 0 Å². The molecule has 0 saturated heterocycles. The van der Waals surface area contributed by atoms with E-state index in [4.69, 9.17) is 11.5 Å². The maximum atomic E-state index is 5.64. The first-order valence-corrected chi connectivity index (χ1v) is 7.97. The number of rotatable bonds is 7. The number of hydrogen-bond acceptors (Lipinski definition) is 2. The normalized spacial score (nSPS) is 13.6. The molecule has 2 heteroatoms. The summed E-state index contributed by atoms with van der Waals surface area (Å²) in [5, 5.41) is 0. The van der Waals surface area contributed by atoms with Crippen LogP contribution >= 0.6 is 0 Å². The molecule has 116 valence electrons. The van der Waals surface area contributed by atoms with E-state index in [9.17, 15) is 0 Å². The van der Waals surface area contributed by atoms with Gasteiger partial charge in [0.1, 0.15) is 0 Å². The SMILES string of the molecule is CC(C)CCCC(C)N.CC(N)CCc1ccccc1. The second-order valence-corrected chi connectivity index (χ2v) is 6.30. The van der Waals surface area contributed by atoms with Crippen LogP contribution in [0.3, 0.4) is 0 Å². The molecular formula is C18H34N2. The molecule has 0 heterocycles. The van der Waals surface area contributed by atoms with Crippen LogP contribution in [0.15, 0.2) is 30.3 Å². The first-order chi connectivity index (χ1) is 9.41. The summed E-state index contributed by atoms with van der Waals surface area (Å²) in [5.74, 6) is 0.837. The Balaban J connectivity index is 0.000000370. The molecule has 0 aliphatic rings. The summed E-state index contributed by atoms with van der Waals surface area (Å²) in [6, 6.07) is 11.2. The molecule has 0 aromatic heterocycles. The van der Waals surface area contributed by atoms with E-state index in [0.717, 1.165) is 18.8 Å². The van der Waals surface area contributed by atoms with E-state index >= 15 is 0 Å². The molecule has 2 atom stereocenters. The molecule has 4 N–H and O–H groups in total. The van der Waals surface area contributed by atoms with Crippen LogP contribution in [-0.4, -0.2) is 12.1 Å². The van der Waals surface area contributed by atoms with E-state index < -0.39 is 0 Å². The summed E-state index contributed by atoms with van der Waals surface area (Å²) < 4.78 is 0. The quantitative estimate of drug-likeness (QED) is 0.788. The summed E-state index contributed by atoms with van der Waals surface area (Å²) in [5.41, 5.74) is 12.6. The molecule has 1 aromatic carbocycles. The zero-order valence-electron chi connectivity index (χ0n) is 13.8. The summed E-state index contributed by atoms with van der Waals surface area (Å²) in [6.45, 7) is 8.62. The van der Waals surface area contributed by atoms with Gasteiger partial charge in [0, 0.05) is 12.1 Å². The number of benzene rings is 1. The third kappa shape index (κ3) is 13.6. The molecule has 20 heavy (non-hydrogen) atoms. The molecule has 2 unspecified atom stereocenters. The van der Waals surface area contributed by atoms with E-state index in [0.29, 0.717) is 12.1 Å². The minimum Gasteiger partial charge on any atom is -0.328 e. The van der Waals surface area contributed by atoms with Crippen LogP contribution in [0.5, 0.6) is 0 Å². The van der Waals surface area contributed by atoms with Gasteiger partial charge in [-0.15, -0.1) is 0 Å². The highest BCUT2D eigenvalue weighted by molar-refractivity contribution is 5.14. The predicted molar refractivity (Wildman–Crippen MR) is 90.8 cm³/mol. The van der Waals surface area contributed by atoms with E-state index in [-0.39, 0.29) is 0 Å². The Labute approximate surface area is 125 Å². The predicted octanol–water partition coefficient (Wildman–Crippen LogP) is 4.13. The molecule has 0 bridgehead atoms. The number of aryl methyl sites for hydroxylation is 1. The van der Waals surface area contributed by atoms with Crippen LogP contribution in [0.4, 0.5) is 0 Å². The lowest BCUT2D eigenvalue weighted by molar-refractivity contribution is 0.511. The molecule has 0 aliphatic carbocycles. The lowest BCUT2D eigenvalue weighted by atomic mass is 10.0. The lowest BCUT2D eigenvalue weighted by Gasteiger charge is -2.05. The van der Waals surface area contributed by atoms with E-state index in [1.165, 1.54) is 24.8 Å². The minimum atomic E-state index is 0.315. The summed E-state index contributed by atoms with van der Waals surface area (Å²) in [4.78, 5) is 0. The van der Waals surface area contributed by atoms with E-state index in [1.54, 1.807) is 0 Å². The molecule has 0 saturated carbocycles. The summed E-state index contributed by atoms with van der Waals surface area (Å²) in [6.07, 6.45) is 5.96. The van der Waals surface area contributed by atoms with Gasteiger partial charge in [-0.25, -0.2) is 0 Å². The van der Waals surface area contributed by atoms with Gasteiger partial charge in [-0.2, -0.15) is 0 Å². The summed E-state index contributed by atoms with van der Waals surface area (Å²) in [7, 11) is 0. The number of nitrogens with two attached hydrogens (primary N) is 2. The lowest BCUT2D eigenvalue weighted by Crippen LogP contribution is -2.15. The van der Waals surface area contributed by atoms with Crippen molar-refractivity contribution >= 4 is 0 Å². The van der Waals surface area contributed by atoms with Gasteiger partial charge >= 0.3 is 0 Å². The molecule has 1 rings (SSSR count). The van der Waals surface area contributed by atoms with Gasteiger partial charge in [0.2, 0.25) is 0 Å². The van der Waals surface area contributed by atoms with Crippen LogP contribution in [0.25, 0.3) is 0 Å². The van der Waals surface area contributed by atoms with Crippen molar-refractivity contribution in [1.82, 2.24) is 0 Å². The monoisotopic (exact) mass is 278 g/mol. The fraction of sp³-hybridized carbons (Fsp3) is 0.667. The van der Waals surface area contributed by atoms with Crippen molar-refractivity contribution in [2.45, 2.75) is 71.9 Å². The molecule has 0 radical (unpaired) electrons. The van der Waals surface area contributed by atoms with Gasteiger partial charge in [0.25, 0.3) is 0 Å². The maximum Gasteiger partial charge on any atom is 0.00136 e. The van der Waals surface area contributed by atoms with Gasteiger partial charge in [0.05, 0.1) is 0 Å². The second-order valence-electron chi connectivity index (χ2n) is 6.30. The minimum absolute atomic E-state index is 0.315. The van der Waals surface area contributed by atoms with Crippen LogP contribution in [0.1, 0.15) is 58.9 Å². The molecule has 1 aromatic rings. The molecular weight excluding hydrogens is 244 g/mol. The van der Waals surface area contributed by atoms with Crippen LogP contribution < -0.4 is 11.5 Å². The van der Waals surface area contributed by atoms with Crippen molar-refractivity contribution in [1.29, 1.82) is 0 Å². The van der Waals surface area contributed by atoms with Gasteiger partial charge in [0.15, 0.2) is 0 Å². The van der Waals surface area contributed by atoms with Crippen molar-refractivity contribution in [2.24, 2.45) is 17.4 Å². The van der Waals surface area contributed by atoms with E-state index in [2.05, 4.69) is 45.0 Å². The Hall–Kier alpha value is -0.860. The van der Waals surface area contributed by atoms with Crippen LogP contribution in [0, 0.1) is 5.92 Å². The Morgan fingerprint density at radius 3 is 1.80 bits per heavy atom. The Morgan fingerprint density at radius 1 is 0.800 bits per heavy atom. The van der Waals surface area contributed by atoms with Gasteiger partial charge in [-0.1, -0.05) is 57.0 Å². The van der Waals surface area contributed by atoms with Gasteiger partial charge in [-0.3, -0.25) is 0 Å². The molecule has 0 amide bonds. The van der Waals surface area contributed by atoms with Crippen molar-refractivity contribution in [3.63, 3.8) is 0 Å². The van der Waals surface area contributed by atoms with Crippen molar-refractivity contribution in [2.75, 3.05) is 0 Å². The van der Waals surface area contributed by atoms with Crippen LogP contribution in [0.2, 0.25) is 0 Å².